The van der Waals surface area contributed by atoms with Gasteiger partial charge in [0, 0.05) is 11.9 Å². The van der Waals surface area contributed by atoms with Crippen LogP contribution in [0.1, 0.15) is 6.92 Å². The molecule has 21 heavy (non-hydrogen) atoms. The summed E-state index contributed by atoms with van der Waals surface area (Å²) in [5, 5.41) is 1.62. The third-order valence-corrected chi connectivity index (χ3v) is 4.45. The van der Waals surface area contributed by atoms with Gasteiger partial charge in [0.2, 0.25) is 10.0 Å². The third kappa shape index (κ3) is 4.14. The van der Waals surface area contributed by atoms with Crippen LogP contribution in [-0.4, -0.2) is 28.2 Å². The lowest BCUT2D eigenvalue weighted by molar-refractivity contribution is 0.162. The average molecular weight is 305 g/mol. The van der Waals surface area contributed by atoms with E-state index in [9.17, 15) is 8.42 Å². The smallest absolute Gasteiger partial charge is 0.241 e. The van der Waals surface area contributed by atoms with Crippen LogP contribution in [0.5, 0.6) is 0 Å². The van der Waals surface area contributed by atoms with Gasteiger partial charge in [-0.15, -0.1) is 0 Å². The standard InChI is InChI=1S/C16H19NO3S/c1-13(2)12-20-11-10-17-21(18,19)16-9-5-7-14-6-3-4-8-15(14)16/h3-9,17H,1,10-12H2,2H3. The molecule has 4 nitrogen and oxygen atoms in total. The maximum Gasteiger partial charge on any atom is 0.241 e. The summed E-state index contributed by atoms with van der Waals surface area (Å²) >= 11 is 0. The van der Waals surface area contributed by atoms with E-state index in [1.54, 1.807) is 12.1 Å². The van der Waals surface area contributed by atoms with Crippen molar-refractivity contribution in [1.29, 1.82) is 0 Å². The van der Waals surface area contributed by atoms with E-state index in [4.69, 9.17) is 4.74 Å². The van der Waals surface area contributed by atoms with Gasteiger partial charge in [0.05, 0.1) is 18.1 Å². The zero-order chi connectivity index (χ0) is 15.3. The molecule has 0 spiro atoms. The number of hydrogen-bond donors (Lipinski definition) is 1. The van der Waals surface area contributed by atoms with E-state index in [0.717, 1.165) is 16.3 Å². The van der Waals surface area contributed by atoms with Crippen molar-refractivity contribution in [1.82, 2.24) is 4.72 Å². The summed E-state index contributed by atoms with van der Waals surface area (Å²) in [7, 11) is -3.54. The summed E-state index contributed by atoms with van der Waals surface area (Å²) in [5.74, 6) is 0. The predicted octanol–water partition coefficient (Wildman–Crippen LogP) is 2.71. The molecule has 0 aliphatic rings. The highest BCUT2D eigenvalue weighted by Crippen LogP contribution is 2.22. The van der Waals surface area contributed by atoms with Crippen LogP contribution in [0.15, 0.2) is 59.5 Å². The first-order valence-corrected chi connectivity index (χ1v) is 8.18. The molecule has 2 rings (SSSR count). The Labute approximate surface area is 125 Å². The molecule has 0 radical (unpaired) electrons. The van der Waals surface area contributed by atoms with Crippen molar-refractivity contribution < 1.29 is 13.2 Å². The fraction of sp³-hybridized carbons (Fsp3) is 0.250. The zero-order valence-electron chi connectivity index (χ0n) is 12.0. The Kier molecular flexibility index (Phi) is 5.12. The minimum absolute atomic E-state index is 0.235. The second kappa shape index (κ2) is 6.85. The Morgan fingerprint density at radius 2 is 1.90 bits per heavy atom. The molecule has 0 unspecified atom stereocenters. The number of fused-ring (bicyclic) bond motifs is 1. The van der Waals surface area contributed by atoms with Gasteiger partial charge in [0.1, 0.15) is 0 Å². The maximum atomic E-state index is 12.4. The molecule has 1 N–H and O–H groups in total. The molecule has 0 saturated carbocycles. The molecular weight excluding hydrogens is 286 g/mol. The second-order valence-electron chi connectivity index (χ2n) is 4.88. The van der Waals surface area contributed by atoms with Crippen LogP contribution in [0.3, 0.4) is 0 Å². The minimum Gasteiger partial charge on any atom is -0.376 e. The van der Waals surface area contributed by atoms with E-state index in [1.165, 1.54) is 0 Å². The molecule has 2 aromatic rings. The quantitative estimate of drug-likeness (QED) is 0.632. The molecule has 0 aromatic heterocycles. The van der Waals surface area contributed by atoms with Gasteiger partial charge in [-0.2, -0.15) is 0 Å². The van der Waals surface area contributed by atoms with Crippen molar-refractivity contribution >= 4 is 20.8 Å². The summed E-state index contributed by atoms with van der Waals surface area (Å²) in [6.45, 7) is 6.57. The predicted molar refractivity (Wildman–Crippen MR) is 84.8 cm³/mol. The fourth-order valence-corrected chi connectivity index (χ4v) is 3.24. The second-order valence-corrected chi connectivity index (χ2v) is 6.62. The first kappa shape index (κ1) is 15.7. The normalized spacial score (nSPS) is 11.7. The summed E-state index contributed by atoms with van der Waals surface area (Å²) < 4.78 is 32.6. The van der Waals surface area contributed by atoms with Gasteiger partial charge in [-0.1, -0.05) is 48.6 Å². The van der Waals surface area contributed by atoms with Gasteiger partial charge in [-0.25, -0.2) is 13.1 Å². The van der Waals surface area contributed by atoms with Crippen LogP contribution < -0.4 is 4.72 Å². The number of ether oxygens (including phenoxy) is 1. The molecule has 0 aliphatic heterocycles. The highest BCUT2D eigenvalue weighted by atomic mass is 32.2. The zero-order valence-corrected chi connectivity index (χ0v) is 12.8. The largest absolute Gasteiger partial charge is 0.376 e. The third-order valence-electron chi connectivity index (χ3n) is 2.93. The van der Waals surface area contributed by atoms with Gasteiger partial charge in [-0.05, 0) is 18.4 Å². The molecular formula is C16H19NO3S. The lowest BCUT2D eigenvalue weighted by Gasteiger charge is -2.10. The van der Waals surface area contributed by atoms with Crippen molar-refractivity contribution in [3.8, 4) is 0 Å². The molecule has 0 atom stereocenters. The van der Waals surface area contributed by atoms with Crippen LogP contribution in [0.25, 0.3) is 10.8 Å². The summed E-state index contributed by atoms with van der Waals surface area (Å²) in [4.78, 5) is 0.292. The van der Waals surface area contributed by atoms with Crippen LogP contribution >= 0.6 is 0 Å². The van der Waals surface area contributed by atoms with Gasteiger partial charge < -0.3 is 4.74 Å². The van der Waals surface area contributed by atoms with Gasteiger partial charge in [0.25, 0.3) is 0 Å². The maximum absolute atomic E-state index is 12.4. The SMILES string of the molecule is C=C(C)COCCNS(=O)(=O)c1cccc2ccccc12. The van der Waals surface area contributed by atoms with Crippen LogP contribution in [-0.2, 0) is 14.8 Å². The molecule has 0 aliphatic carbocycles. The summed E-state index contributed by atoms with van der Waals surface area (Å²) in [5.41, 5.74) is 0.909. The van der Waals surface area contributed by atoms with Crippen LogP contribution in [0, 0.1) is 0 Å². The lowest BCUT2D eigenvalue weighted by Crippen LogP contribution is -2.27. The monoisotopic (exact) mass is 305 g/mol. The van der Waals surface area contributed by atoms with Crippen molar-refractivity contribution in [2.75, 3.05) is 19.8 Å². The van der Waals surface area contributed by atoms with Crippen LogP contribution in [0.4, 0.5) is 0 Å². The number of sulfonamides is 1. The van der Waals surface area contributed by atoms with E-state index in [1.807, 2.05) is 37.3 Å². The van der Waals surface area contributed by atoms with Gasteiger partial charge in [-0.3, -0.25) is 0 Å². The Bertz CT molecular complexity index is 733. The Morgan fingerprint density at radius 1 is 1.19 bits per heavy atom. The van der Waals surface area contributed by atoms with E-state index >= 15 is 0 Å². The Balaban J connectivity index is 2.10. The first-order chi connectivity index (χ1) is 10.0. The van der Waals surface area contributed by atoms with E-state index in [2.05, 4.69) is 11.3 Å². The van der Waals surface area contributed by atoms with Crippen molar-refractivity contribution in [2.24, 2.45) is 0 Å². The fourth-order valence-electron chi connectivity index (χ4n) is 2.00. The molecule has 2 aromatic carbocycles. The Hall–Kier alpha value is -1.69. The summed E-state index contributed by atoms with van der Waals surface area (Å²) in [6.07, 6.45) is 0. The van der Waals surface area contributed by atoms with Gasteiger partial charge in [0.15, 0.2) is 0 Å². The van der Waals surface area contributed by atoms with Crippen molar-refractivity contribution in [3.05, 3.63) is 54.6 Å². The molecule has 0 saturated heterocycles. The molecule has 0 amide bonds. The van der Waals surface area contributed by atoms with E-state index < -0.39 is 10.0 Å². The Morgan fingerprint density at radius 3 is 2.67 bits per heavy atom. The lowest BCUT2D eigenvalue weighted by atomic mass is 10.1. The number of benzene rings is 2. The molecule has 0 bridgehead atoms. The van der Waals surface area contributed by atoms with Gasteiger partial charge >= 0.3 is 0 Å². The highest BCUT2D eigenvalue weighted by molar-refractivity contribution is 7.89. The minimum atomic E-state index is -3.54. The number of hydrogen-bond acceptors (Lipinski definition) is 3. The van der Waals surface area contributed by atoms with Crippen molar-refractivity contribution in [3.63, 3.8) is 0 Å². The topological polar surface area (TPSA) is 55.4 Å². The average Bonchev–Trinajstić information content (AvgIpc) is 2.46. The molecule has 112 valence electrons. The molecule has 0 fully saturated rings. The van der Waals surface area contributed by atoms with E-state index in [-0.39, 0.29) is 6.54 Å². The summed E-state index contributed by atoms with van der Waals surface area (Å²) in [6, 6.07) is 12.7. The first-order valence-electron chi connectivity index (χ1n) is 6.70. The number of nitrogens with one attached hydrogen (secondary N) is 1. The van der Waals surface area contributed by atoms with E-state index in [0.29, 0.717) is 18.1 Å². The number of rotatable bonds is 7. The van der Waals surface area contributed by atoms with Crippen molar-refractivity contribution in [2.45, 2.75) is 11.8 Å². The molecule has 0 heterocycles. The molecule has 5 heteroatoms. The highest BCUT2D eigenvalue weighted by Gasteiger charge is 2.16. The van der Waals surface area contributed by atoms with Crippen LogP contribution in [0.2, 0.25) is 0 Å².